The van der Waals surface area contributed by atoms with E-state index in [1.165, 1.54) is 12.8 Å². The topological polar surface area (TPSA) is 58.5 Å². The number of nitrogens with one attached hydrogen (secondary N) is 2. The minimum Gasteiger partial charge on any atom is -0.368 e. The molecule has 0 aromatic carbocycles. The van der Waals surface area contributed by atoms with Gasteiger partial charge in [0.15, 0.2) is 11.5 Å². The van der Waals surface area contributed by atoms with Gasteiger partial charge in [-0.25, -0.2) is 9.97 Å². The molecule has 3 rings (SSSR count). The molecule has 2 aromatic heterocycles. The maximum absolute atomic E-state index is 5.46. The Balaban J connectivity index is 2.05. The van der Waals surface area contributed by atoms with Gasteiger partial charge in [-0.05, 0) is 37.9 Å². The predicted molar refractivity (Wildman–Crippen MR) is 88.4 cm³/mol. The molecule has 0 amide bonds. The van der Waals surface area contributed by atoms with E-state index in [1.54, 1.807) is 0 Å². The van der Waals surface area contributed by atoms with Crippen molar-refractivity contribution in [3.8, 4) is 0 Å². The lowest BCUT2D eigenvalue weighted by Crippen LogP contribution is -2.09. The van der Waals surface area contributed by atoms with Crippen LogP contribution in [0, 0.1) is 4.77 Å². The summed E-state index contributed by atoms with van der Waals surface area (Å²) in [7, 11) is 0. The summed E-state index contributed by atoms with van der Waals surface area (Å²) >= 11 is 5.46. The number of anilines is 1. The molecular formula is C15H23N5S. The number of unbranched alkanes of at least 4 members (excludes halogenated alkanes) is 1. The van der Waals surface area contributed by atoms with Gasteiger partial charge in [0.2, 0.25) is 4.77 Å². The Morgan fingerprint density at radius 1 is 1.29 bits per heavy atom. The first kappa shape index (κ1) is 14.5. The van der Waals surface area contributed by atoms with E-state index in [0.717, 1.165) is 55.2 Å². The van der Waals surface area contributed by atoms with Crippen LogP contribution in [0.25, 0.3) is 11.2 Å². The van der Waals surface area contributed by atoms with Gasteiger partial charge >= 0.3 is 0 Å². The lowest BCUT2D eigenvalue weighted by molar-refractivity contribution is 0.670. The van der Waals surface area contributed by atoms with Crippen molar-refractivity contribution >= 4 is 29.2 Å². The Hall–Kier alpha value is -1.43. The zero-order valence-corrected chi connectivity index (χ0v) is 13.6. The Morgan fingerprint density at radius 3 is 2.76 bits per heavy atom. The van der Waals surface area contributed by atoms with Crippen molar-refractivity contribution in [2.24, 2.45) is 0 Å². The predicted octanol–water partition coefficient (Wildman–Crippen LogP) is 3.99. The Labute approximate surface area is 130 Å². The molecule has 1 aliphatic carbocycles. The molecule has 0 unspecified atom stereocenters. The largest absolute Gasteiger partial charge is 0.368 e. The molecule has 2 heterocycles. The monoisotopic (exact) mass is 305 g/mol. The zero-order chi connectivity index (χ0) is 14.8. The molecule has 1 fully saturated rings. The molecule has 2 N–H and O–H groups in total. The van der Waals surface area contributed by atoms with Crippen LogP contribution >= 0.6 is 12.2 Å². The van der Waals surface area contributed by atoms with Gasteiger partial charge in [0.1, 0.15) is 11.3 Å². The van der Waals surface area contributed by atoms with E-state index in [9.17, 15) is 0 Å². The fourth-order valence-corrected chi connectivity index (χ4v) is 2.80. The molecule has 0 atom stereocenters. The van der Waals surface area contributed by atoms with Crippen LogP contribution in [0.1, 0.15) is 57.7 Å². The van der Waals surface area contributed by atoms with E-state index in [0.29, 0.717) is 10.7 Å². The summed E-state index contributed by atoms with van der Waals surface area (Å²) in [5.41, 5.74) is 1.97. The number of nitrogens with zero attached hydrogens (tertiary/aromatic N) is 3. The van der Waals surface area contributed by atoms with Gasteiger partial charge in [-0.15, -0.1) is 0 Å². The van der Waals surface area contributed by atoms with E-state index in [4.69, 9.17) is 17.2 Å². The molecule has 6 heteroatoms. The molecule has 21 heavy (non-hydrogen) atoms. The normalized spacial score (nSPS) is 14.8. The Kier molecular flexibility index (Phi) is 4.24. The summed E-state index contributed by atoms with van der Waals surface area (Å²) in [6, 6.07) is 0. The number of hydrogen-bond donors (Lipinski definition) is 2. The van der Waals surface area contributed by atoms with E-state index in [2.05, 4.69) is 33.7 Å². The first-order valence-electron chi connectivity index (χ1n) is 7.98. The molecule has 114 valence electrons. The summed E-state index contributed by atoms with van der Waals surface area (Å²) in [6.45, 7) is 6.12. The van der Waals surface area contributed by atoms with Gasteiger partial charge in [-0.2, -0.15) is 0 Å². The highest BCUT2D eigenvalue weighted by Gasteiger charge is 2.28. The Bertz CT molecular complexity index is 683. The second-order valence-electron chi connectivity index (χ2n) is 5.77. The average Bonchev–Trinajstić information content (AvgIpc) is 3.22. The van der Waals surface area contributed by atoms with E-state index in [-0.39, 0.29) is 0 Å². The standard InChI is InChI=1S/C15H23N5S/c1-3-5-8-16-13-11-14(18-12(17-11)10-6-7-10)20(9-4-2)15(21)19-13/h10H,3-9H2,1-2H3,(H,17,18)(H,16,19,21). The van der Waals surface area contributed by atoms with Gasteiger partial charge in [0.25, 0.3) is 0 Å². The number of imidazole rings is 1. The van der Waals surface area contributed by atoms with E-state index >= 15 is 0 Å². The van der Waals surface area contributed by atoms with Crippen molar-refractivity contribution in [3.63, 3.8) is 0 Å². The number of hydrogen-bond acceptors (Lipinski definition) is 4. The number of aromatic amines is 1. The average molecular weight is 305 g/mol. The number of rotatable bonds is 7. The van der Waals surface area contributed by atoms with Crippen molar-refractivity contribution in [2.75, 3.05) is 11.9 Å². The van der Waals surface area contributed by atoms with Gasteiger partial charge in [-0.3, -0.25) is 4.57 Å². The van der Waals surface area contributed by atoms with Crippen LogP contribution in [0.5, 0.6) is 0 Å². The van der Waals surface area contributed by atoms with E-state index < -0.39 is 0 Å². The van der Waals surface area contributed by atoms with Crippen molar-refractivity contribution in [1.29, 1.82) is 0 Å². The van der Waals surface area contributed by atoms with Crippen LogP contribution < -0.4 is 5.32 Å². The summed E-state index contributed by atoms with van der Waals surface area (Å²) < 4.78 is 2.68. The first-order chi connectivity index (χ1) is 10.2. The molecular weight excluding hydrogens is 282 g/mol. The smallest absolute Gasteiger partial charge is 0.203 e. The molecule has 0 spiro atoms. The summed E-state index contributed by atoms with van der Waals surface area (Å²) in [5.74, 6) is 2.55. The number of aryl methyl sites for hydroxylation is 1. The van der Waals surface area contributed by atoms with Crippen LogP contribution in [-0.2, 0) is 6.54 Å². The van der Waals surface area contributed by atoms with Gasteiger partial charge in [0.05, 0.1) is 0 Å². The summed E-state index contributed by atoms with van der Waals surface area (Å²) in [5, 5.41) is 3.41. The fourth-order valence-electron chi connectivity index (χ4n) is 2.53. The lowest BCUT2D eigenvalue weighted by atomic mass is 10.3. The van der Waals surface area contributed by atoms with Crippen LogP contribution in [-0.4, -0.2) is 26.1 Å². The quantitative estimate of drug-likeness (QED) is 0.600. The van der Waals surface area contributed by atoms with Crippen LogP contribution in [0.2, 0.25) is 0 Å². The summed E-state index contributed by atoms with van der Waals surface area (Å²) in [6.07, 6.45) is 5.79. The zero-order valence-electron chi connectivity index (χ0n) is 12.8. The first-order valence-corrected chi connectivity index (χ1v) is 8.39. The SMILES string of the molecule is CCCCNc1nc(=S)n(CCC)c2nc(C3CC3)[nH]c12. The van der Waals surface area contributed by atoms with Gasteiger partial charge in [-0.1, -0.05) is 20.3 Å². The third-order valence-corrected chi connectivity index (χ3v) is 4.18. The van der Waals surface area contributed by atoms with Gasteiger partial charge < -0.3 is 10.3 Å². The van der Waals surface area contributed by atoms with Crippen molar-refractivity contribution in [2.45, 2.75) is 58.4 Å². The van der Waals surface area contributed by atoms with E-state index in [1.807, 2.05) is 0 Å². The molecule has 1 aliphatic rings. The van der Waals surface area contributed by atoms with Crippen LogP contribution in [0.4, 0.5) is 5.82 Å². The molecule has 2 aromatic rings. The Morgan fingerprint density at radius 2 is 2.10 bits per heavy atom. The highest BCUT2D eigenvalue weighted by atomic mass is 32.1. The highest BCUT2D eigenvalue weighted by molar-refractivity contribution is 7.71. The molecule has 0 aliphatic heterocycles. The summed E-state index contributed by atoms with van der Waals surface area (Å²) in [4.78, 5) is 12.9. The fraction of sp³-hybridized carbons (Fsp3) is 0.667. The van der Waals surface area contributed by atoms with Gasteiger partial charge in [0, 0.05) is 19.0 Å². The maximum Gasteiger partial charge on any atom is 0.203 e. The minimum absolute atomic E-state index is 0.601. The van der Waals surface area contributed by atoms with Crippen LogP contribution in [0.15, 0.2) is 0 Å². The van der Waals surface area contributed by atoms with Crippen molar-refractivity contribution in [3.05, 3.63) is 10.6 Å². The lowest BCUT2D eigenvalue weighted by Gasteiger charge is -2.10. The third kappa shape index (κ3) is 2.95. The number of fused-ring (bicyclic) bond motifs is 1. The minimum atomic E-state index is 0.601. The van der Waals surface area contributed by atoms with Crippen molar-refractivity contribution < 1.29 is 0 Å². The molecule has 0 saturated heterocycles. The number of aromatic nitrogens is 4. The molecule has 0 radical (unpaired) electrons. The van der Waals surface area contributed by atoms with Crippen molar-refractivity contribution in [1.82, 2.24) is 19.5 Å². The molecule has 1 saturated carbocycles. The van der Waals surface area contributed by atoms with Crippen LogP contribution in [0.3, 0.4) is 0 Å². The third-order valence-electron chi connectivity index (χ3n) is 3.87. The second kappa shape index (κ2) is 6.13. The maximum atomic E-state index is 5.46. The molecule has 0 bridgehead atoms. The number of H-pyrrole nitrogens is 1. The second-order valence-corrected chi connectivity index (χ2v) is 6.14. The highest BCUT2D eigenvalue weighted by Crippen LogP contribution is 2.39. The molecule has 5 nitrogen and oxygen atoms in total.